The number of halogens is 1. The number of aromatic amines is 1. The van der Waals surface area contributed by atoms with Crippen molar-refractivity contribution in [3.05, 3.63) is 59.9 Å². The minimum Gasteiger partial charge on any atom is -0.354 e. The quantitative estimate of drug-likeness (QED) is 0.681. The lowest BCUT2D eigenvalue weighted by Crippen LogP contribution is -2.39. The van der Waals surface area contributed by atoms with Crippen LogP contribution < -0.4 is 0 Å². The number of benzene rings is 2. The van der Waals surface area contributed by atoms with Crippen molar-refractivity contribution in [3.8, 4) is 11.3 Å². The molecule has 1 saturated heterocycles. The summed E-state index contributed by atoms with van der Waals surface area (Å²) in [5, 5.41) is 0.869. The zero-order valence-electron chi connectivity index (χ0n) is 15.7. The molecule has 140 valence electrons. The van der Waals surface area contributed by atoms with Crippen LogP contribution in [0.4, 0.5) is 4.39 Å². The summed E-state index contributed by atoms with van der Waals surface area (Å²) in [5.41, 5.74) is 3.97. The normalized spacial score (nSPS) is 17.4. The summed E-state index contributed by atoms with van der Waals surface area (Å²) in [6.45, 7) is 3.92. The first kappa shape index (κ1) is 17.8. The molecule has 27 heavy (non-hydrogen) atoms. The van der Waals surface area contributed by atoms with Gasteiger partial charge in [0.05, 0.1) is 0 Å². The summed E-state index contributed by atoms with van der Waals surface area (Å²) in [4.78, 5) is 18.1. The van der Waals surface area contributed by atoms with Crippen LogP contribution in [0.15, 0.2) is 48.5 Å². The highest BCUT2D eigenvalue weighted by Crippen LogP contribution is 2.32. The summed E-state index contributed by atoms with van der Waals surface area (Å²) in [6.07, 6.45) is 3.34. The van der Waals surface area contributed by atoms with Gasteiger partial charge in [-0.25, -0.2) is 4.39 Å². The lowest BCUT2D eigenvalue weighted by Gasteiger charge is -2.31. The number of aromatic nitrogens is 1. The van der Waals surface area contributed by atoms with Crippen LogP contribution in [0.3, 0.4) is 0 Å². The Bertz CT molecular complexity index is 948. The fourth-order valence-electron chi connectivity index (χ4n) is 4.14. The molecule has 0 saturated carbocycles. The van der Waals surface area contributed by atoms with Gasteiger partial charge in [-0.15, -0.1) is 0 Å². The number of rotatable bonds is 4. The molecular formula is C23H25FN2O. The van der Waals surface area contributed by atoms with Crippen LogP contribution in [0.2, 0.25) is 0 Å². The number of likely N-dealkylation sites (tertiary alicyclic amines) is 1. The SMILES string of the molecule is CC1CCCN(C(=O)CCc2c(-c3ccccc3)[nH]c3ccc(F)cc23)C1. The molecule has 1 N–H and O–H groups in total. The van der Waals surface area contributed by atoms with E-state index in [-0.39, 0.29) is 11.7 Å². The second kappa shape index (κ2) is 7.55. The minimum absolute atomic E-state index is 0.200. The molecule has 3 nitrogen and oxygen atoms in total. The average Bonchev–Trinajstić information content (AvgIpc) is 3.04. The number of carbonyl (C=O) groups is 1. The Kier molecular flexibility index (Phi) is 4.97. The van der Waals surface area contributed by atoms with Gasteiger partial charge in [0.15, 0.2) is 0 Å². The predicted molar refractivity (Wildman–Crippen MR) is 107 cm³/mol. The van der Waals surface area contributed by atoms with Gasteiger partial charge in [-0.1, -0.05) is 37.3 Å². The van der Waals surface area contributed by atoms with E-state index in [1.807, 2.05) is 35.2 Å². The second-order valence-electron chi connectivity index (χ2n) is 7.62. The van der Waals surface area contributed by atoms with Crippen molar-refractivity contribution in [2.75, 3.05) is 13.1 Å². The van der Waals surface area contributed by atoms with Gasteiger partial charge in [0, 0.05) is 36.1 Å². The number of H-pyrrole nitrogens is 1. The van der Waals surface area contributed by atoms with E-state index in [4.69, 9.17) is 0 Å². The Balaban J connectivity index is 1.63. The van der Waals surface area contributed by atoms with Gasteiger partial charge in [0.25, 0.3) is 0 Å². The van der Waals surface area contributed by atoms with Crippen LogP contribution in [-0.4, -0.2) is 28.9 Å². The monoisotopic (exact) mass is 364 g/mol. The number of amides is 1. The summed E-state index contributed by atoms with van der Waals surface area (Å²) in [5.74, 6) is 0.523. The molecule has 1 fully saturated rings. The van der Waals surface area contributed by atoms with Crippen LogP contribution in [-0.2, 0) is 11.2 Å². The maximum atomic E-state index is 13.9. The van der Waals surface area contributed by atoms with Gasteiger partial charge in [0.1, 0.15) is 5.82 Å². The van der Waals surface area contributed by atoms with Crippen molar-refractivity contribution in [1.29, 1.82) is 0 Å². The first-order chi connectivity index (χ1) is 13.1. The third-order valence-electron chi connectivity index (χ3n) is 5.53. The molecule has 1 amide bonds. The third-order valence-corrected chi connectivity index (χ3v) is 5.53. The Labute approximate surface area is 159 Å². The molecule has 1 aromatic heterocycles. The largest absolute Gasteiger partial charge is 0.354 e. The Morgan fingerprint density at radius 3 is 2.81 bits per heavy atom. The zero-order chi connectivity index (χ0) is 18.8. The maximum Gasteiger partial charge on any atom is 0.222 e. The lowest BCUT2D eigenvalue weighted by molar-refractivity contribution is -0.132. The number of nitrogens with zero attached hydrogens (tertiary/aromatic N) is 1. The first-order valence-corrected chi connectivity index (χ1v) is 9.75. The van der Waals surface area contributed by atoms with Gasteiger partial charge in [0.2, 0.25) is 5.91 Å². The van der Waals surface area contributed by atoms with E-state index in [2.05, 4.69) is 11.9 Å². The highest BCUT2D eigenvalue weighted by Gasteiger charge is 2.22. The summed E-state index contributed by atoms with van der Waals surface area (Å²) in [6, 6.07) is 14.9. The van der Waals surface area contributed by atoms with Gasteiger partial charge in [-0.2, -0.15) is 0 Å². The topological polar surface area (TPSA) is 36.1 Å². The van der Waals surface area contributed by atoms with Gasteiger partial charge in [-0.05, 0) is 54.5 Å². The molecule has 0 aliphatic carbocycles. The van der Waals surface area contributed by atoms with E-state index in [9.17, 15) is 9.18 Å². The van der Waals surface area contributed by atoms with Crippen molar-refractivity contribution >= 4 is 16.8 Å². The number of aryl methyl sites for hydroxylation is 1. The molecular weight excluding hydrogens is 339 g/mol. The van der Waals surface area contributed by atoms with Gasteiger partial charge >= 0.3 is 0 Å². The van der Waals surface area contributed by atoms with Crippen molar-refractivity contribution in [3.63, 3.8) is 0 Å². The molecule has 1 atom stereocenters. The maximum absolute atomic E-state index is 13.9. The van der Waals surface area contributed by atoms with Crippen LogP contribution in [0.5, 0.6) is 0 Å². The lowest BCUT2D eigenvalue weighted by atomic mass is 9.98. The van der Waals surface area contributed by atoms with Gasteiger partial charge < -0.3 is 9.88 Å². The molecule has 4 heteroatoms. The highest BCUT2D eigenvalue weighted by atomic mass is 19.1. The van der Waals surface area contributed by atoms with Crippen LogP contribution in [0.25, 0.3) is 22.2 Å². The summed E-state index contributed by atoms with van der Waals surface area (Å²) >= 11 is 0. The molecule has 2 aromatic carbocycles. The highest BCUT2D eigenvalue weighted by molar-refractivity contribution is 5.91. The molecule has 3 aromatic rings. The Hall–Kier alpha value is -2.62. The number of fused-ring (bicyclic) bond motifs is 1. The van der Waals surface area contributed by atoms with Crippen molar-refractivity contribution in [2.45, 2.75) is 32.6 Å². The van der Waals surface area contributed by atoms with E-state index < -0.39 is 0 Å². The number of nitrogens with one attached hydrogen (secondary N) is 1. The second-order valence-corrected chi connectivity index (χ2v) is 7.62. The Morgan fingerprint density at radius 1 is 1.22 bits per heavy atom. The molecule has 1 unspecified atom stereocenters. The number of hydrogen-bond acceptors (Lipinski definition) is 1. The summed E-state index contributed by atoms with van der Waals surface area (Å²) in [7, 11) is 0. The van der Waals surface area contributed by atoms with Crippen molar-refractivity contribution < 1.29 is 9.18 Å². The van der Waals surface area contributed by atoms with E-state index in [1.165, 1.54) is 12.5 Å². The number of carbonyl (C=O) groups excluding carboxylic acids is 1. The molecule has 2 heterocycles. The Morgan fingerprint density at radius 2 is 2.04 bits per heavy atom. The van der Waals surface area contributed by atoms with E-state index in [0.29, 0.717) is 18.8 Å². The van der Waals surface area contributed by atoms with Crippen molar-refractivity contribution in [2.24, 2.45) is 5.92 Å². The summed E-state index contributed by atoms with van der Waals surface area (Å²) < 4.78 is 13.9. The first-order valence-electron chi connectivity index (χ1n) is 9.75. The van der Waals surface area contributed by atoms with E-state index in [1.54, 1.807) is 12.1 Å². The van der Waals surface area contributed by atoms with E-state index >= 15 is 0 Å². The fourth-order valence-corrected chi connectivity index (χ4v) is 4.14. The standard InChI is InChI=1S/C23H25FN2O/c1-16-6-5-13-26(15-16)22(27)12-10-19-20-14-18(24)9-11-21(20)25-23(19)17-7-3-2-4-8-17/h2-4,7-9,11,14,16,25H,5-6,10,12-13,15H2,1H3. The smallest absolute Gasteiger partial charge is 0.222 e. The van der Waals surface area contributed by atoms with Crippen molar-refractivity contribution in [1.82, 2.24) is 9.88 Å². The zero-order valence-corrected chi connectivity index (χ0v) is 15.7. The van der Waals surface area contributed by atoms with Crippen LogP contribution in [0.1, 0.15) is 31.7 Å². The van der Waals surface area contributed by atoms with Crippen LogP contribution in [0, 0.1) is 11.7 Å². The molecule has 1 aliphatic heterocycles. The molecule has 0 radical (unpaired) electrons. The minimum atomic E-state index is -0.251. The average molecular weight is 364 g/mol. The van der Waals surface area contributed by atoms with E-state index in [0.717, 1.165) is 47.2 Å². The third kappa shape index (κ3) is 3.75. The number of piperidine rings is 1. The van der Waals surface area contributed by atoms with Crippen LogP contribution >= 0.6 is 0 Å². The van der Waals surface area contributed by atoms with Gasteiger partial charge in [-0.3, -0.25) is 4.79 Å². The molecule has 4 rings (SSSR count). The molecule has 1 aliphatic rings. The predicted octanol–water partition coefficient (Wildman–Crippen LogP) is 5.17. The molecule has 0 spiro atoms. The number of hydrogen-bond donors (Lipinski definition) is 1. The molecule has 0 bridgehead atoms. The fraction of sp³-hybridized carbons (Fsp3) is 0.348.